The second-order valence-corrected chi connectivity index (χ2v) is 6.24. The van der Waals surface area contributed by atoms with Crippen LogP contribution in [0, 0.1) is 5.92 Å². The highest BCUT2D eigenvalue weighted by molar-refractivity contribution is 6.65. The van der Waals surface area contributed by atoms with Crippen molar-refractivity contribution in [2.45, 2.75) is 52.2 Å². The summed E-state index contributed by atoms with van der Waals surface area (Å²) in [6.45, 7) is 10.6. The van der Waals surface area contributed by atoms with Crippen LogP contribution in [0.3, 0.4) is 0 Å². The van der Waals surface area contributed by atoms with Crippen molar-refractivity contribution >= 4 is 24.2 Å². The van der Waals surface area contributed by atoms with Gasteiger partial charge in [-0.3, -0.25) is 0 Å². The van der Waals surface area contributed by atoms with Crippen LogP contribution in [0.2, 0.25) is 5.15 Å². The molecule has 0 amide bonds. The molecule has 2 heterocycles. The fourth-order valence-electron chi connectivity index (χ4n) is 2.57. The molecule has 1 aliphatic heterocycles. The first-order valence-electron chi connectivity index (χ1n) is 6.78. The van der Waals surface area contributed by atoms with Crippen LogP contribution in [0.4, 0.5) is 0 Å². The largest absolute Gasteiger partial charge is 0.498 e. The molecular weight excluding hydrogens is 260 g/mol. The molecule has 0 bridgehead atoms. The summed E-state index contributed by atoms with van der Waals surface area (Å²) < 4.78 is 12.3. The Kier molecular flexibility index (Phi) is 3.96. The van der Waals surface area contributed by atoms with Crippen LogP contribution in [0.5, 0.6) is 0 Å². The first kappa shape index (κ1) is 14.8. The van der Waals surface area contributed by atoms with E-state index in [-0.39, 0.29) is 11.2 Å². The summed E-state index contributed by atoms with van der Waals surface area (Å²) in [4.78, 5) is 4.09. The summed E-state index contributed by atoms with van der Waals surface area (Å²) in [5.41, 5.74) is 0.0852. The first-order valence-corrected chi connectivity index (χ1v) is 7.15. The molecule has 1 aromatic rings. The first-order chi connectivity index (χ1) is 8.82. The molecular formula is C14H21BClNO2. The van der Waals surface area contributed by atoms with Crippen molar-refractivity contribution in [2.24, 2.45) is 5.92 Å². The molecule has 0 spiro atoms. The Morgan fingerprint density at radius 3 is 2.63 bits per heavy atom. The highest BCUT2D eigenvalue weighted by atomic mass is 35.5. The van der Waals surface area contributed by atoms with Gasteiger partial charge in [0.05, 0.1) is 11.2 Å². The zero-order valence-corrected chi connectivity index (χ0v) is 13.0. The lowest BCUT2D eigenvalue weighted by atomic mass is 9.76. The van der Waals surface area contributed by atoms with Crippen molar-refractivity contribution in [3.63, 3.8) is 0 Å². The molecule has 0 aliphatic carbocycles. The van der Waals surface area contributed by atoms with Gasteiger partial charge < -0.3 is 9.31 Å². The van der Waals surface area contributed by atoms with E-state index in [1.165, 1.54) is 0 Å². The van der Waals surface area contributed by atoms with Gasteiger partial charge in [-0.1, -0.05) is 37.9 Å². The lowest BCUT2D eigenvalue weighted by Gasteiger charge is -2.41. The quantitative estimate of drug-likeness (QED) is 0.630. The fraction of sp³-hybridized carbons (Fsp3) is 0.643. The van der Waals surface area contributed by atoms with Gasteiger partial charge in [0, 0.05) is 11.7 Å². The van der Waals surface area contributed by atoms with E-state index in [1.54, 1.807) is 6.20 Å². The fourth-order valence-corrected chi connectivity index (χ4v) is 2.78. The molecule has 19 heavy (non-hydrogen) atoms. The topological polar surface area (TPSA) is 31.4 Å². The molecule has 5 heteroatoms. The molecule has 1 aromatic heterocycles. The molecule has 0 radical (unpaired) electrons. The molecule has 104 valence electrons. The maximum atomic E-state index is 6.24. The lowest BCUT2D eigenvalue weighted by molar-refractivity contribution is -0.0499. The highest BCUT2D eigenvalue weighted by Gasteiger charge is 2.57. The van der Waals surface area contributed by atoms with Crippen LogP contribution >= 0.6 is 11.6 Å². The summed E-state index contributed by atoms with van der Waals surface area (Å²) in [6, 6.07) is 3.75. The number of nitrogens with zero attached hydrogens (tertiary/aromatic N) is 1. The van der Waals surface area contributed by atoms with Crippen molar-refractivity contribution in [3.8, 4) is 0 Å². The minimum absolute atomic E-state index is 0.342. The van der Waals surface area contributed by atoms with Crippen molar-refractivity contribution in [3.05, 3.63) is 23.5 Å². The van der Waals surface area contributed by atoms with E-state index < -0.39 is 7.12 Å². The molecule has 0 saturated carbocycles. The molecule has 1 saturated heterocycles. The van der Waals surface area contributed by atoms with Crippen molar-refractivity contribution < 1.29 is 9.31 Å². The van der Waals surface area contributed by atoms with E-state index in [0.717, 1.165) is 11.9 Å². The van der Waals surface area contributed by atoms with Gasteiger partial charge in [0.15, 0.2) is 0 Å². The zero-order chi connectivity index (χ0) is 14.3. The van der Waals surface area contributed by atoms with Crippen LogP contribution in [0.15, 0.2) is 18.3 Å². The van der Waals surface area contributed by atoms with Crippen LogP contribution < -0.4 is 5.46 Å². The van der Waals surface area contributed by atoms with Crippen LogP contribution in [0.25, 0.3) is 0 Å². The number of pyridine rings is 1. The third-order valence-corrected chi connectivity index (χ3v) is 4.86. The standard InChI is InChI=1S/C14H21BClNO2/c1-6-10(2)14(5)13(3,4)18-15(19-14)11-8-7-9-17-12(11)16/h7-10H,6H2,1-5H3. The minimum atomic E-state index is -0.449. The Morgan fingerprint density at radius 2 is 2.05 bits per heavy atom. The molecule has 3 nitrogen and oxygen atoms in total. The number of hydrogen-bond acceptors (Lipinski definition) is 3. The normalized spacial score (nSPS) is 27.6. The van der Waals surface area contributed by atoms with E-state index in [9.17, 15) is 0 Å². The minimum Gasteiger partial charge on any atom is -0.399 e. The van der Waals surface area contributed by atoms with Crippen LogP contribution in [-0.2, 0) is 9.31 Å². The Balaban J connectivity index is 2.33. The monoisotopic (exact) mass is 281 g/mol. The Hall–Kier alpha value is -0.575. The Morgan fingerprint density at radius 1 is 1.37 bits per heavy atom. The second kappa shape index (κ2) is 5.08. The Bertz CT molecular complexity index is 469. The summed E-state index contributed by atoms with van der Waals surface area (Å²) in [5.74, 6) is 0.392. The molecule has 2 rings (SSSR count). The third-order valence-electron chi connectivity index (χ3n) is 4.54. The predicted octanol–water partition coefficient (Wildman–Crippen LogP) is 3.06. The van der Waals surface area contributed by atoms with Crippen molar-refractivity contribution in [2.75, 3.05) is 0 Å². The molecule has 1 aliphatic rings. The SMILES string of the molecule is CCC(C)C1(C)OB(c2cccnc2Cl)OC1(C)C. The van der Waals surface area contributed by atoms with E-state index >= 15 is 0 Å². The van der Waals surface area contributed by atoms with Gasteiger partial charge in [0.1, 0.15) is 5.15 Å². The maximum Gasteiger partial charge on any atom is 0.498 e. The van der Waals surface area contributed by atoms with Crippen LogP contribution in [0.1, 0.15) is 41.0 Å². The van der Waals surface area contributed by atoms with E-state index in [4.69, 9.17) is 20.9 Å². The van der Waals surface area contributed by atoms with Gasteiger partial charge in [0.2, 0.25) is 0 Å². The maximum absolute atomic E-state index is 6.24. The van der Waals surface area contributed by atoms with Gasteiger partial charge in [-0.05, 0) is 32.8 Å². The smallest absolute Gasteiger partial charge is 0.399 e. The summed E-state index contributed by atoms with van der Waals surface area (Å²) in [5, 5.41) is 0.441. The van der Waals surface area contributed by atoms with Gasteiger partial charge in [0.25, 0.3) is 0 Å². The van der Waals surface area contributed by atoms with Gasteiger partial charge in [-0.25, -0.2) is 4.98 Å². The summed E-state index contributed by atoms with van der Waals surface area (Å²) >= 11 is 6.13. The second-order valence-electron chi connectivity index (χ2n) is 5.88. The summed E-state index contributed by atoms with van der Waals surface area (Å²) in [6.07, 6.45) is 2.70. The predicted molar refractivity (Wildman–Crippen MR) is 78.7 cm³/mol. The number of hydrogen-bond donors (Lipinski definition) is 0. The molecule has 0 N–H and O–H groups in total. The van der Waals surface area contributed by atoms with Gasteiger partial charge >= 0.3 is 7.12 Å². The van der Waals surface area contributed by atoms with Gasteiger partial charge in [-0.2, -0.15) is 0 Å². The van der Waals surface area contributed by atoms with Crippen molar-refractivity contribution in [1.29, 1.82) is 0 Å². The van der Waals surface area contributed by atoms with E-state index in [0.29, 0.717) is 11.1 Å². The number of aromatic nitrogens is 1. The molecule has 2 unspecified atom stereocenters. The average Bonchev–Trinajstić information content (AvgIpc) is 2.60. The third kappa shape index (κ3) is 2.42. The highest BCUT2D eigenvalue weighted by Crippen LogP contribution is 2.43. The molecule has 0 aromatic carbocycles. The summed E-state index contributed by atoms with van der Waals surface area (Å²) in [7, 11) is -0.449. The molecule has 2 atom stereocenters. The van der Waals surface area contributed by atoms with Crippen molar-refractivity contribution in [1.82, 2.24) is 4.98 Å². The van der Waals surface area contributed by atoms with E-state index in [2.05, 4.69) is 39.6 Å². The Labute approximate surface area is 120 Å². The van der Waals surface area contributed by atoms with Gasteiger partial charge in [-0.15, -0.1) is 0 Å². The van der Waals surface area contributed by atoms with E-state index in [1.807, 2.05) is 12.1 Å². The number of rotatable bonds is 3. The number of halogens is 1. The zero-order valence-electron chi connectivity index (χ0n) is 12.2. The average molecular weight is 282 g/mol. The van der Waals surface area contributed by atoms with Crippen LogP contribution in [-0.4, -0.2) is 23.3 Å². The molecule has 1 fully saturated rings. The lowest BCUT2D eigenvalue weighted by Crippen LogP contribution is -2.49.